The number of hydrogen-bond donors (Lipinski definition) is 1. The quantitative estimate of drug-likeness (QED) is 0.703. The van der Waals surface area contributed by atoms with Crippen molar-refractivity contribution in [2.75, 3.05) is 13.7 Å². The molecule has 0 heterocycles. The van der Waals surface area contributed by atoms with Crippen LogP contribution in [0.4, 0.5) is 0 Å². The number of aliphatic hydroxyl groups is 1. The minimum Gasteiger partial charge on any atom is -0.469 e. The van der Waals surface area contributed by atoms with Crippen molar-refractivity contribution in [2.45, 2.75) is 38.5 Å². The van der Waals surface area contributed by atoms with Crippen molar-refractivity contribution >= 4 is 5.97 Å². The van der Waals surface area contributed by atoms with E-state index in [0.29, 0.717) is 5.92 Å². The zero-order valence-electron chi connectivity index (χ0n) is 8.87. The Hall–Kier alpha value is -0.570. The van der Waals surface area contributed by atoms with Crippen LogP contribution < -0.4 is 0 Å². The van der Waals surface area contributed by atoms with Crippen LogP contribution in [-0.2, 0) is 9.53 Å². The third kappa shape index (κ3) is 3.29. The Morgan fingerprint density at radius 1 is 1.43 bits per heavy atom. The molecule has 1 rings (SSSR count). The average molecular weight is 200 g/mol. The number of aliphatic hydroxyl groups excluding tert-OH is 1. The molecule has 1 aliphatic rings. The van der Waals surface area contributed by atoms with E-state index >= 15 is 0 Å². The molecule has 1 fully saturated rings. The van der Waals surface area contributed by atoms with E-state index in [1.807, 2.05) is 0 Å². The van der Waals surface area contributed by atoms with Crippen LogP contribution in [0.1, 0.15) is 38.5 Å². The normalized spacial score (nSPS) is 20.4. The Balaban J connectivity index is 2.34. The van der Waals surface area contributed by atoms with Crippen molar-refractivity contribution in [1.29, 1.82) is 0 Å². The van der Waals surface area contributed by atoms with Gasteiger partial charge in [-0.3, -0.25) is 4.79 Å². The van der Waals surface area contributed by atoms with Gasteiger partial charge in [-0.1, -0.05) is 32.1 Å². The summed E-state index contributed by atoms with van der Waals surface area (Å²) in [5.74, 6) is 0.0428. The smallest absolute Gasteiger partial charge is 0.311 e. The Labute approximate surface area is 85.5 Å². The third-order valence-corrected chi connectivity index (χ3v) is 3.10. The van der Waals surface area contributed by atoms with Gasteiger partial charge in [0.2, 0.25) is 0 Å². The number of carbonyl (C=O) groups excluding carboxylic acids is 1. The fourth-order valence-electron chi connectivity index (χ4n) is 2.24. The fourth-order valence-corrected chi connectivity index (χ4v) is 2.24. The Morgan fingerprint density at radius 3 is 2.57 bits per heavy atom. The van der Waals surface area contributed by atoms with Gasteiger partial charge in [0.05, 0.1) is 19.6 Å². The molecule has 14 heavy (non-hydrogen) atoms. The van der Waals surface area contributed by atoms with E-state index in [9.17, 15) is 4.79 Å². The summed E-state index contributed by atoms with van der Waals surface area (Å²) < 4.78 is 4.65. The predicted octanol–water partition coefficient (Wildman–Crippen LogP) is 1.74. The molecule has 0 aromatic heterocycles. The van der Waals surface area contributed by atoms with Crippen molar-refractivity contribution in [1.82, 2.24) is 0 Å². The zero-order chi connectivity index (χ0) is 10.4. The molecule has 1 saturated carbocycles. The van der Waals surface area contributed by atoms with E-state index in [2.05, 4.69) is 4.74 Å². The molecule has 3 nitrogen and oxygen atoms in total. The van der Waals surface area contributed by atoms with E-state index in [1.54, 1.807) is 0 Å². The summed E-state index contributed by atoms with van der Waals surface area (Å²) in [5.41, 5.74) is 0. The highest BCUT2D eigenvalue weighted by Gasteiger charge is 2.24. The monoisotopic (exact) mass is 200 g/mol. The molecule has 0 saturated heterocycles. The number of hydrogen-bond acceptors (Lipinski definition) is 3. The molecule has 0 aromatic rings. The van der Waals surface area contributed by atoms with Gasteiger partial charge < -0.3 is 9.84 Å². The Kier molecular flexibility index (Phi) is 4.94. The molecule has 0 radical (unpaired) electrons. The summed E-state index contributed by atoms with van der Waals surface area (Å²) in [4.78, 5) is 11.2. The van der Waals surface area contributed by atoms with E-state index in [-0.39, 0.29) is 18.5 Å². The van der Waals surface area contributed by atoms with E-state index < -0.39 is 0 Å². The van der Waals surface area contributed by atoms with E-state index in [1.165, 1.54) is 39.2 Å². The second-order valence-electron chi connectivity index (χ2n) is 4.14. The van der Waals surface area contributed by atoms with Crippen molar-refractivity contribution in [2.24, 2.45) is 11.8 Å². The van der Waals surface area contributed by atoms with Crippen LogP contribution in [0.15, 0.2) is 0 Å². The number of methoxy groups -OCH3 is 1. The van der Waals surface area contributed by atoms with Gasteiger partial charge in [-0.2, -0.15) is 0 Å². The molecule has 0 aliphatic heterocycles. The SMILES string of the molecule is COC(=O)[C@H](CO)CC1CCCCC1. The van der Waals surface area contributed by atoms with Crippen molar-refractivity contribution < 1.29 is 14.6 Å². The van der Waals surface area contributed by atoms with Crippen LogP contribution in [0.5, 0.6) is 0 Å². The number of rotatable bonds is 4. The second kappa shape index (κ2) is 6.02. The number of esters is 1. The van der Waals surface area contributed by atoms with Crippen molar-refractivity contribution in [3.05, 3.63) is 0 Å². The number of ether oxygens (including phenoxy) is 1. The molecular weight excluding hydrogens is 180 g/mol. The molecule has 1 atom stereocenters. The Morgan fingerprint density at radius 2 is 2.07 bits per heavy atom. The van der Waals surface area contributed by atoms with Gasteiger partial charge in [0, 0.05) is 0 Å². The van der Waals surface area contributed by atoms with Gasteiger partial charge in [-0.05, 0) is 12.3 Å². The first-order valence-corrected chi connectivity index (χ1v) is 5.46. The van der Waals surface area contributed by atoms with Gasteiger partial charge >= 0.3 is 5.97 Å². The lowest BCUT2D eigenvalue weighted by molar-refractivity contribution is -0.147. The summed E-state index contributed by atoms with van der Waals surface area (Å²) in [6, 6.07) is 0. The van der Waals surface area contributed by atoms with Crippen molar-refractivity contribution in [3.8, 4) is 0 Å². The zero-order valence-corrected chi connectivity index (χ0v) is 8.87. The largest absolute Gasteiger partial charge is 0.469 e. The molecule has 82 valence electrons. The van der Waals surface area contributed by atoms with Crippen LogP contribution in [0, 0.1) is 11.8 Å². The highest BCUT2D eigenvalue weighted by Crippen LogP contribution is 2.29. The summed E-state index contributed by atoms with van der Waals surface area (Å²) >= 11 is 0. The maximum absolute atomic E-state index is 11.2. The first kappa shape index (κ1) is 11.5. The molecule has 0 unspecified atom stereocenters. The summed E-state index contributed by atoms with van der Waals surface area (Å²) in [6.07, 6.45) is 7.05. The third-order valence-electron chi connectivity index (χ3n) is 3.10. The summed E-state index contributed by atoms with van der Waals surface area (Å²) in [6.45, 7) is -0.0802. The maximum atomic E-state index is 11.2. The van der Waals surface area contributed by atoms with E-state index in [4.69, 9.17) is 5.11 Å². The predicted molar refractivity (Wildman–Crippen MR) is 53.8 cm³/mol. The van der Waals surface area contributed by atoms with Gasteiger partial charge in [-0.25, -0.2) is 0 Å². The lowest BCUT2D eigenvalue weighted by Gasteiger charge is -2.24. The highest BCUT2D eigenvalue weighted by molar-refractivity contribution is 5.72. The maximum Gasteiger partial charge on any atom is 0.311 e. The molecule has 0 bridgehead atoms. The lowest BCUT2D eigenvalue weighted by Crippen LogP contribution is -2.24. The summed E-state index contributed by atoms with van der Waals surface area (Å²) in [7, 11) is 1.38. The molecule has 0 aromatic carbocycles. The van der Waals surface area contributed by atoms with Crippen LogP contribution in [0.25, 0.3) is 0 Å². The molecular formula is C11H20O3. The van der Waals surface area contributed by atoms with Crippen molar-refractivity contribution in [3.63, 3.8) is 0 Å². The molecule has 1 aliphatic carbocycles. The molecule has 0 spiro atoms. The topological polar surface area (TPSA) is 46.5 Å². The second-order valence-corrected chi connectivity index (χ2v) is 4.14. The molecule has 0 amide bonds. The lowest BCUT2D eigenvalue weighted by atomic mass is 9.83. The van der Waals surface area contributed by atoms with Gasteiger partial charge in [0.15, 0.2) is 0 Å². The Bertz CT molecular complexity index is 173. The molecule has 3 heteroatoms. The van der Waals surface area contributed by atoms with Crippen LogP contribution in [-0.4, -0.2) is 24.8 Å². The van der Waals surface area contributed by atoms with Gasteiger partial charge in [0.1, 0.15) is 0 Å². The summed E-state index contributed by atoms with van der Waals surface area (Å²) in [5, 5.41) is 9.06. The van der Waals surface area contributed by atoms with Crippen LogP contribution >= 0.6 is 0 Å². The average Bonchev–Trinajstić information content (AvgIpc) is 2.26. The van der Waals surface area contributed by atoms with Crippen LogP contribution in [0.3, 0.4) is 0 Å². The van der Waals surface area contributed by atoms with Gasteiger partial charge in [0.25, 0.3) is 0 Å². The fraction of sp³-hybridized carbons (Fsp3) is 0.909. The standard InChI is InChI=1S/C11H20O3/c1-14-11(13)10(8-12)7-9-5-3-2-4-6-9/h9-10,12H,2-8H2,1H3/t10-/m0/s1. The first-order chi connectivity index (χ1) is 6.77. The first-order valence-electron chi connectivity index (χ1n) is 5.46. The number of carbonyl (C=O) groups is 1. The highest BCUT2D eigenvalue weighted by atomic mass is 16.5. The van der Waals surface area contributed by atoms with Crippen LogP contribution in [0.2, 0.25) is 0 Å². The van der Waals surface area contributed by atoms with Gasteiger partial charge in [-0.15, -0.1) is 0 Å². The van der Waals surface area contributed by atoms with E-state index in [0.717, 1.165) is 6.42 Å². The minimum absolute atomic E-state index is 0.0802. The molecule has 1 N–H and O–H groups in total. The minimum atomic E-state index is -0.303.